The maximum absolute atomic E-state index is 13.0. The Morgan fingerprint density at radius 3 is 2.45 bits per heavy atom. The maximum atomic E-state index is 13.0. The molecule has 1 fully saturated rings. The number of carbonyl (C=O) groups is 2. The summed E-state index contributed by atoms with van der Waals surface area (Å²) in [6, 6.07) is 20.0. The van der Waals surface area contributed by atoms with Gasteiger partial charge in [-0.05, 0) is 18.1 Å². The number of benzene rings is 2. The van der Waals surface area contributed by atoms with Crippen LogP contribution in [0.2, 0.25) is 0 Å². The largest absolute Gasteiger partial charge is 0.467 e. The molecule has 7 heteroatoms. The Morgan fingerprint density at radius 2 is 1.81 bits per heavy atom. The highest BCUT2D eigenvalue weighted by molar-refractivity contribution is 5.90. The van der Waals surface area contributed by atoms with Gasteiger partial charge in [0.15, 0.2) is 0 Å². The van der Waals surface area contributed by atoms with Crippen molar-refractivity contribution in [3.63, 3.8) is 0 Å². The minimum atomic E-state index is -0.751. The number of nitrogens with zero attached hydrogens (tertiary/aromatic N) is 3. The highest BCUT2D eigenvalue weighted by atomic mass is 16.5. The number of hydrogen-bond acceptors (Lipinski definition) is 6. The van der Waals surface area contributed by atoms with Gasteiger partial charge < -0.3 is 15.0 Å². The van der Waals surface area contributed by atoms with Crippen LogP contribution in [0.5, 0.6) is 0 Å². The lowest BCUT2D eigenvalue weighted by atomic mass is 10.0. The molecule has 2 atom stereocenters. The van der Waals surface area contributed by atoms with Crippen LogP contribution in [-0.4, -0.2) is 47.6 Å². The topological polar surface area (TPSA) is 84.4 Å². The second-order valence-electron chi connectivity index (χ2n) is 7.38. The molecular formula is C24H24N4O3. The van der Waals surface area contributed by atoms with Crippen molar-refractivity contribution in [2.24, 2.45) is 0 Å². The van der Waals surface area contributed by atoms with E-state index in [0.29, 0.717) is 25.3 Å². The van der Waals surface area contributed by atoms with Crippen molar-refractivity contribution in [1.82, 2.24) is 15.3 Å². The Labute approximate surface area is 181 Å². The first-order chi connectivity index (χ1) is 15.2. The lowest BCUT2D eigenvalue weighted by Crippen LogP contribution is -2.59. The smallest absolute Gasteiger partial charge is 0.328 e. The van der Waals surface area contributed by atoms with Crippen LogP contribution in [0, 0.1) is 0 Å². The number of carbonyl (C=O) groups excluding carboxylic acids is 2. The van der Waals surface area contributed by atoms with Crippen molar-refractivity contribution in [3.05, 3.63) is 78.5 Å². The number of ether oxygens (including phenoxy) is 1. The van der Waals surface area contributed by atoms with Crippen molar-refractivity contribution in [1.29, 1.82) is 0 Å². The van der Waals surface area contributed by atoms with Crippen molar-refractivity contribution in [2.75, 3.05) is 18.6 Å². The molecule has 3 aromatic rings. The normalized spacial score (nSPS) is 16.2. The molecule has 1 aliphatic heterocycles. The summed E-state index contributed by atoms with van der Waals surface area (Å²) in [4.78, 5) is 36.1. The minimum Gasteiger partial charge on any atom is -0.467 e. The van der Waals surface area contributed by atoms with E-state index in [1.54, 1.807) is 6.20 Å². The molecule has 0 unspecified atom stereocenters. The minimum absolute atomic E-state index is 0.230. The first-order valence-electron chi connectivity index (χ1n) is 10.2. The number of aromatic nitrogens is 2. The van der Waals surface area contributed by atoms with Crippen LogP contribution in [0.15, 0.2) is 72.9 Å². The van der Waals surface area contributed by atoms with E-state index in [-0.39, 0.29) is 5.91 Å². The molecule has 0 saturated carbocycles. The average Bonchev–Trinajstić information content (AvgIpc) is 2.79. The second-order valence-corrected chi connectivity index (χ2v) is 7.38. The highest BCUT2D eigenvalue weighted by Gasteiger charge is 2.37. The lowest BCUT2D eigenvalue weighted by molar-refractivity contribution is -0.145. The zero-order chi connectivity index (χ0) is 21.6. The zero-order valence-corrected chi connectivity index (χ0v) is 17.3. The molecule has 1 saturated heterocycles. The van der Waals surface area contributed by atoms with Crippen LogP contribution in [-0.2, 0) is 20.7 Å². The SMILES string of the molecule is COC(=O)[C@H](Cc1ccccc1)NC(=O)[C@@H]1CCN1c1nccc(-c2ccccc2)n1. The second kappa shape index (κ2) is 9.38. The summed E-state index contributed by atoms with van der Waals surface area (Å²) in [6.45, 7) is 0.678. The Morgan fingerprint density at radius 1 is 1.10 bits per heavy atom. The molecule has 31 heavy (non-hydrogen) atoms. The van der Waals surface area contributed by atoms with Gasteiger partial charge >= 0.3 is 5.97 Å². The summed E-state index contributed by atoms with van der Waals surface area (Å²) in [5.41, 5.74) is 2.73. The molecule has 0 radical (unpaired) electrons. The molecular weight excluding hydrogens is 392 g/mol. The maximum Gasteiger partial charge on any atom is 0.328 e. The van der Waals surface area contributed by atoms with E-state index in [9.17, 15) is 9.59 Å². The molecule has 0 spiro atoms. The van der Waals surface area contributed by atoms with Crippen LogP contribution in [0.1, 0.15) is 12.0 Å². The van der Waals surface area contributed by atoms with Crippen molar-refractivity contribution in [2.45, 2.75) is 24.9 Å². The molecule has 4 rings (SSSR count). The molecule has 2 aromatic carbocycles. The Balaban J connectivity index is 1.47. The molecule has 1 amide bonds. The van der Waals surface area contributed by atoms with Gasteiger partial charge in [0.2, 0.25) is 11.9 Å². The Hall–Kier alpha value is -3.74. The molecule has 158 valence electrons. The fraction of sp³-hybridized carbons (Fsp3) is 0.250. The van der Waals surface area contributed by atoms with E-state index >= 15 is 0 Å². The number of methoxy groups -OCH3 is 1. The van der Waals surface area contributed by atoms with Gasteiger partial charge in [0.25, 0.3) is 0 Å². The van der Waals surface area contributed by atoms with Crippen LogP contribution in [0.25, 0.3) is 11.3 Å². The van der Waals surface area contributed by atoms with Crippen LogP contribution in [0.4, 0.5) is 5.95 Å². The van der Waals surface area contributed by atoms with Crippen LogP contribution >= 0.6 is 0 Å². The van der Waals surface area contributed by atoms with E-state index in [2.05, 4.69) is 15.3 Å². The number of nitrogens with one attached hydrogen (secondary N) is 1. The summed E-state index contributed by atoms with van der Waals surface area (Å²) >= 11 is 0. The molecule has 1 aliphatic rings. The van der Waals surface area contributed by atoms with Gasteiger partial charge in [0.1, 0.15) is 12.1 Å². The number of hydrogen-bond donors (Lipinski definition) is 1. The molecule has 7 nitrogen and oxygen atoms in total. The predicted molar refractivity (Wildman–Crippen MR) is 117 cm³/mol. The van der Waals surface area contributed by atoms with Crippen molar-refractivity contribution < 1.29 is 14.3 Å². The Bertz CT molecular complexity index is 1040. The summed E-state index contributed by atoms with van der Waals surface area (Å²) in [6.07, 6.45) is 2.74. The number of esters is 1. The quantitative estimate of drug-likeness (QED) is 0.596. The number of amides is 1. The van der Waals surface area contributed by atoms with Crippen LogP contribution in [0.3, 0.4) is 0 Å². The summed E-state index contributed by atoms with van der Waals surface area (Å²) in [7, 11) is 1.32. The molecule has 1 N–H and O–H groups in total. The first-order valence-corrected chi connectivity index (χ1v) is 10.2. The van der Waals surface area contributed by atoms with Gasteiger partial charge in [-0.25, -0.2) is 14.8 Å². The van der Waals surface area contributed by atoms with Crippen molar-refractivity contribution >= 4 is 17.8 Å². The van der Waals surface area contributed by atoms with E-state index in [0.717, 1.165) is 16.8 Å². The Kier molecular flexibility index (Phi) is 6.21. The first kappa shape index (κ1) is 20.5. The van der Waals surface area contributed by atoms with E-state index in [1.165, 1.54) is 7.11 Å². The molecule has 1 aromatic heterocycles. The van der Waals surface area contributed by atoms with Gasteiger partial charge in [-0.1, -0.05) is 60.7 Å². The van der Waals surface area contributed by atoms with Gasteiger partial charge in [-0.15, -0.1) is 0 Å². The highest BCUT2D eigenvalue weighted by Crippen LogP contribution is 2.26. The fourth-order valence-corrected chi connectivity index (χ4v) is 3.61. The number of anilines is 1. The average molecular weight is 416 g/mol. The fourth-order valence-electron chi connectivity index (χ4n) is 3.61. The number of rotatable bonds is 7. The molecule has 0 bridgehead atoms. The third kappa shape index (κ3) is 4.71. The zero-order valence-electron chi connectivity index (χ0n) is 17.3. The van der Waals surface area contributed by atoms with Gasteiger partial charge in [0, 0.05) is 24.7 Å². The summed E-state index contributed by atoms with van der Waals surface area (Å²) < 4.78 is 4.90. The third-order valence-electron chi connectivity index (χ3n) is 5.38. The predicted octanol–water partition coefficient (Wildman–Crippen LogP) is 2.62. The summed E-state index contributed by atoms with van der Waals surface area (Å²) in [5, 5.41) is 2.85. The van der Waals surface area contributed by atoms with E-state index in [1.807, 2.05) is 71.6 Å². The van der Waals surface area contributed by atoms with Gasteiger partial charge in [-0.3, -0.25) is 4.79 Å². The monoisotopic (exact) mass is 416 g/mol. The standard InChI is InChI=1S/C24H24N4O3/c1-31-23(30)20(16-17-8-4-2-5-9-17)26-22(29)21-13-15-28(21)24-25-14-12-19(27-24)18-10-6-3-7-11-18/h2-12,14,20-21H,13,15-16H2,1H3,(H,26,29)/t20-,21-/m0/s1. The third-order valence-corrected chi connectivity index (χ3v) is 5.38. The molecule has 2 heterocycles. The van der Waals surface area contributed by atoms with E-state index in [4.69, 9.17) is 4.74 Å². The van der Waals surface area contributed by atoms with Gasteiger partial charge in [-0.2, -0.15) is 0 Å². The lowest BCUT2D eigenvalue weighted by Gasteiger charge is -2.40. The summed E-state index contributed by atoms with van der Waals surface area (Å²) in [5.74, 6) is -0.192. The molecule has 0 aliphatic carbocycles. The van der Waals surface area contributed by atoms with Gasteiger partial charge in [0.05, 0.1) is 12.8 Å². The van der Waals surface area contributed by atoms with Crippen molar-refractivity contribution in [3.8, 4) is 11.3 Å². The van der Waals surface area contributed by atoms with Crippen LogP contribution < -0.4 is 10.2 Å². The van der Waals surface area contributed by atoms with E-state index < -0.39 is 18.1 Å².